The summed E-state index contributed by atoms with van der Waals surface area (Å²) < 4.78 is 10.5. The van der Waals surface area contributed by atoms with Gasteiger partial charge in [-0.25, -0.2) is 4.79 Å². The summed E-state index contributed by atoms with van der Waals surface area (Å²) in [5, 5.41) is 20.1. The fourth-order valence-electron chi connectivity index (χ4n) is 1.91. The molecule has 0 aliphatic carbocycles. The number of aliphatic hydroxyl groups excluding tert-OH is 1. The third-order valence-electron chi connectivity index (χ3n) is 3.10. The Kier molecular flexibility index (Phi) is 4.99. The Hall–Kier alpha value is -2.28. The van der Waals surface area contributed by atoms with Gasteiger partial charge in [-0.05, 0) is 24.1 Å². The number of aliphatic hydroxyl groups is 1. The van der Waals surface area contributed by atoms with Crippen molar-refractivity contribution in [1.82, 2.24) is 5.32 Å². The first-order chi connectivity index (χ1) is 10.1. The van der Waals surface area contributed by atoms with E-state index >= 15 is 0 Å². The SMILES string of the molecule is O=C(CCc1ccc2c(c1)OCO2)NCC[C@H](O)C(=O)O. The predicted octanol–water partition coefficient (Wildman–Crippen LogP) is 0.300. The second-order valence-corrected chi connectivity index (χ2v) is 4.68. The lowest BCUT2D eigenvalue weighted by Gasteiger charge is -2.07. The number of ether oxygens (including phenoxy) is 2. The molecule has 0 fully saturated rings. The van der Waals surface area contributed by atoms with Crippen LogP contribution in [0.2, 0.25) is 0 Å². The molecule has 21 heavy (non-hydrogen) atoms. The molecule has 1 aromatic carbocycles. The number of fused-ring (bicyclic) bond motifs is 1. The second-order valence-electron chi connectivity index (χ2n) is 4.68. The maximum absolute atomic E-state index is 11.6. The van der Waals surface area contributed by atoms with E-state index in [1.165, 1.54) is 0 Å². The molecule has 1 aliphatic rings. The second kappa shape index (κ2) is 6.94. The maximum atomic E-state index is 11.6. The highest BCUT2D eigenvalue weighted by Crippen LogP contribution is 2.32. The molecule has 1 heterocycles. The summed E-state index contributed by atoms with van der Waals surface area (Å²) >= 11 is 0. The van der Waals surface area contributed by atoms with Crippen LogP contribution in [0.1, 0.15) is 18.4 Å². The summed E-state index contributed by atoms with van der Waals surface area (Å²) in [6, 6.07) is 5.51. The number of carbonyl (C=O) groups is 2. The van der Waals surface area contributed by atoms with Crippen LogP contribution < -0.4 is 14.8 Å². The lowest BCUT2D eigenvalue weighted by molar-refractivity contribution is -0.147. The molecule has 7 nitrogen and oxygen atoms in total. The number of carboxylic acid groups (broad SMARTS) is 1. The van der Waals surface area contributed by atoms with Crippen molar-refractivity contribution in [3.05, 3.63) is 23.8 Å². The topological polar surface area (TPSA) is 105 Å². The van der Waals surface area contributed by atoms with Crippen molar-refractivity contribution in [2.45, 2.75) is 25.4 Å². The monoisotopic (exact) mass is 295 g/mol. The summed E-state index contributed by atoms with van der Waals surface area (Å²) in [5.41, 5.74) is 0.958. The normalized spacial score (nSPS) is 13.8. The summed E-state index contributed by atoms with van der Waals surface area (Å²) in [5.74, 6) is -0.0989. The molecule has 0 unspecified atom stereocenters. The van der Waals surface area contributed by atoms with Crippen LogP contribution in [0.4, 0.5) is 0 Å². The molecule has 1 amide bonds. The average molecular weight is 295 g/mol. The first kappa shape index (κ1) is 15.1. The molecule has 1 atom stereocenters. The minimum Gasteiger partial charge on any atom is -0.479 e. The number of nitrogens with one attached hydrogen (secondary N) is 1. The molecule has 3 N–H and O–H groups in total. The largest absolute Gasteiger partial charge is 0.479 e. The highest BCUT2D eigenvalue weighted by Gasteiger charge is 2.14. The zero-order valence-corrected chi connectivity index (χ0v) is 11.4. The Labute approximate surface area is 121 Å². The number of benzene rings is 1. The molecular weight excluding hydrogens is 278 g/mol. The van der Waals surface area contributed by atoms with Gasteiger partial charge in [0.05, 0.1) is 0 Å². The van der Waals surface area contributed by atoms with Crippen molar-refractivity contribution in [1.29, 1.82) is 0 Å². The van der Waals surface area contributed by atoms with Gasteiger partial charge in [-0.15, -0.1) is 0 Å². The average Bonchev–Trinajstić information content (AvgIpc) is 2.92. The van der Waals surface area contributed by atoms with Gasteiger partial charge < -0.3 is 25.0 Å². The van der Waals surface area contributed by atoms with Crippen molar-refractivity contribution < 1.29 is 29.3 Å². The molecule has 0 radical (unpaired) electrons. The van der Waals surface area contributed by atoms with Gasteiger partial charge in [0, 0.05) is 19.4 Å². The summed E-state index contributed by atoms with van der Waals surface area (Å²) in [6.07, 6.45) is -0.628. The smallest absolute Gasteiger partial charge is 0.332 e. The number of carbonyl (C=O) groups excluding carboxylic acids is 1. The zero-order chi connectivity index (χ0) is 15.2. The Morgan fingerprint density at radius 1 is 1.29 bits per heavy atom. The van der Waals surface area contributed by atoms with Gasteiger partial charge in [-0.1, -0.05) is 6.07 Å². The highest BCUT2D eigenvalue weighted by molar-refractivity contribution is 5.76. The number of aryl methyl sites for hydroxylation is 1. The van der Waals surface area contributed by atoms with E-state index in [9.17, 15) is 9.59 Å². The van der Waals surface area contributed by atoms with Crippen molar-refractivity contribution in [3.8, 4) is 11.5 Å². The lowest BCUT2D eigenvalue weighted by atomic mass is 10.1. The minimum absolute atomic E-state index is 0.00883. The van der Waals surface area contributed by atoms with Crippen molar-refractivity contribution in [2.24, 2.45) is 0 Å². The Bertz CT molecular complexity index is 530. The van der Waals surface area contributed by atoms with E-state index in [0.717, 1.165) is 5.56 Å². The van der Waals surface area contributed by atoms with Gasteiger partial charge in [0.2, 0.25) is 12.7 Å². The molecular formula is C14H17NO6. The van der Waals surface area contributed by atoms with Gasteiger partial charge in [-0.3, -0.25) is 4.79 Å². The van der Waals surface area contributed by atoms with Crippen LogP contribution in [-0.2, 0) is 16.0 Å². The number of aliphatic carboxylic acids is 1. The van der Waals surface area contributed by atoms with Crippen LogP contribution in [-0.4, -0.2) is 41.5 Å². The number of rotatable bonds is 7. The van der Waals surface area contributed by atoms with Gasteiger partial charge in [0.25, 0.3) is 0 Å². The van der Waals surface area contributed by atoms with Crippen LogP contribution in [0.3, 0.4) is 0 Å². The van der Waals surface area contributed by atoms with Gasteiger partial charge in [-0.2, -0.15) is 0 Å². The Morgan fingerprint density at radius 2 is 2.05 bits per heavy atom. The van der Waals surface area contributed by atoms with Gasteiger partial charge in [0.1, 0.15) is 0 Å². The molecule has 0 aromatic heterocycles. The molecule has 0 bridgehead atoms. The van der Waals surface area contributed by atoms with Gasteiger partial charge >= 0.3 is 5.97 Å². The molecule has 0 spiro atoms. The number of hydrogen-bond acceptors (Lipinski definition) is 5. The standard InChI is InChI=1S/C14H17NO6/c16-10(14(18)19)5-6-15-13(17)4-2-9-1-3-11-12(7-9)21-8-20-11/h1,3,7,10,16H,2,4-6,8H2,(H,15,17)(H,18,19)/t10-/m0/s1. The predicted molar refractivity (Wildman–Crippen MR) is 72.2 cm³/mol. The van der Waals surface area contributed by atoms with Crippen LogP contribution in [0.25, 0.3) is 0 Å². The molecule has 0 saturated carbocycles. The number of amides is 1. The fraction of sp³-hybridized carbons (Fsp3) is 0.429. The molecule has 7 heteroatoms. The molecule has 1 aromatic rings. The maximum Gasteiger partial charge on any atom is 0.332 e. The van der Waals surface area contributed by atoms with Crippen LogP contribution in [0.15, 0.2) is 18.2 Å². The molecule has 114 valence electrons. The van der Waals surface area contributed by atoms with E-state index in [2.05, 4.69) is 5.32 Å². The quantitative estimate of drug-likeness (QED) is 0.668. The third-order valence-corrected chi connectivity index (χ3v) is 3.10. The minimum atomic E-state index is -1.45. The van der Waals surface area contributed by atoms with Gasteiger partial charge in [0.15, 0.2) is 17.6 Å². The molecule has 1 aliphatic heterocycles. The van der Waals surface area contributed by atoms with Crippen LogP contribution in [0.5, 0.6) is 11.5 Å². The van der Waals surface area contributed by atoms with Crippen molar-refractivity contribution in [3.63, 3.8) is 0 Å². The van der Waals surface area contributed by atoms with Crippen LogP contribution >= 0.6 is 0 Å². The van der Waals surface area contributed by atoms with Crippen molar-refractivity contribution >= 4 is 11.9 Å². The summed E-state index contributed by atoms with van der Waals surface area (Å²) in [4.78, 5) is 22.0. The van der Waals surface area contributed by atoms with E-state index in [1.54, 1.807) is 6.07 Å². The van der Waals surface area contributed by atoms with E-state index in [4.69, 9.17) is 19.7 Å². The van der Waals surface area contributed by atoms with E-state index in [1.807, 2.05) is 12.1 Å². The highest BCUT2D eigenvalue weighted by atomic mass is 16.7. The number of carboxylic acids is 1. The van der Waals surface area contributed by atoms with E-state index in [-0.39, 0.29) is 32.1 Å². The lowest BCUT2D eigenvalue weighted by Crippen LogP contribution is -2.30. The van der Waals surface area contributed by atoms with Crippen LogP contribution in [0, 0.1) is 0 Å². The van der Waals surface area contributed by atoms with E-state index in [0.29, 0.717) is 17.9 Å². The van der Waals surface area contributed by atoms with Crippen molar-refractivity contribution in [2.75, 3.05) is 13.3 Å². The van der Waals surface area contributed by atoms with E-state index < -0.39 is 12.1 Å². The summed E-state index contributed by atoms with van der Waals surface area (Å²) in [6.45, 7) is 0.346. The first-order valence-corrected chi connectivity index (χ1v) is 6.62. The third kappa shape index (κ3) is 4.35. The fourth-order valence-corrected chi connectivity index (χ4v) is 1.91. The Balaban J connectivity index is 1.70. The molecule has 2 rings (SSSR count). The first-order valence-electron chi connectivity index (χ1n) is 6.62. The zero-order valence-electron chi connectivity index (χ0n) is 11.4. The Morgan fingerprint density at radius 3 is 2.81 bits per heavy atom. The summed E-state index contributed by atoms with van der Waals surface area (Å²) in [7, 11) is 0. The number of hydrogen-bond donors (Lipinski definition) is 3. The molecule has 0 saturated heterocycles.